The minimum absolute atomic E-state index is 0.808. The monoisotopic (exact) mass is 578 g/mol. The van der Waals surface area contributed by atoms with Gasteiger partial charge in [0.25, 0.3) is 11.0 Å². The van der Waals surface area contributed by atoms with Gasteiger partial charge in [0, 0.05) is 11.1 Å². The average Bonchev–Trinajstić information content (AvgIpc) is 3.46. The number of nitrogens with zero attached hydrogens (tertiary/aromatic N) is 2. The summed E-state index contributed by atoms with van der Waals surface area (Å²) in [4.78, 5) is 0. The molecule has 0 saturated carbocycles. The Balaban J connectivity index is 1.04. The van der Waals surface area contributed by atoms with Gasteiger partial charge in [-0.2, -0.15) is 0 Å². The van der Waals surface area contributed by atoms with Crippen LogP contribution in [-0.2, 0) is 6.67 Å². The molecule has 0 N–H and O–H groups in total. The van der Waals surface area contributed by atoms with Crippen molar-refractivity contribution in [3.05, 3.63) is 167 Å². The molecule has 2 aromatic heterocycles. The van der Waals surface area contributed by atoms with Gasteiger partial charge in [-0.25, -0.2) is 0 Å². The van der Waals surface area contributed by atoms with E-state index in [4.69, 9.17) is 0 Å². The first kappa shape index (κ1) is 27.0. The van der Waals surface area contributed by atoms with Crippen LogP contribution < -0.4 is 9.13 Å². The molecule has 0 saturated heterocycles. The van der Waals surface area contributed by atoms with Gasteiger partial charge < -0.3 is 0 Å². The zero-order chi connectivity index (χ0) is 30.3. The molecule has 0 amide bonds. The molecule has 8 rings (SSSR count). The minimum Gasteiger partial charge on any atom is -0.132 e. The van der Waals surface area contributed by atoms with Crippen LogP contribution in [0.1, 0.15) is 33.4 Å². The summed E-state index contributed by atoms with van der Waals surface area (Å²) in [7, 11) is 0. The molecule has 3 heterocycles. The number of benzene rings is 5. The van der Waals surface area contributed by atoms with Gasteiger partial charge in [-0.15, -0.1) is 9.13 Å². The molecule has 1 aliphatic rings. The van der Waals surface area contributed by atoms with Gasteiger partial charge in [-0.05, 0) is 71.5 Å². The molecular weight excluding hydrogens is 544 g/mol. The molecule has 0 aliphatic carbocycles. The number of pyridine rings is 2. The third kappa shape index (κ3) is 5.36. The Kier molecular flexibility index (Phi) is 6.69. The Bertz CT molecular complexity index is 2090. The fourth-order valence-electron chi connectivity index (χ4n) is 6.34. The largest absolute Gasteiger partial charge is 0.345 e. The zero-order valence-corrected chi connectivity index (χ0v) is 25.6. The quantitative estimate of drug-likeness (QED) is 0.105. The first-order valence-corrected chi connectivity index (χ1v) is 15.6. The second-order valence-electron chi connectivity index (χ2n) is 12.2. The Morgan fingerprint density at radius 2 is 0.733 bits per heavy atom. The lowest BCUT2D eigenvalue weighted by atomic mass is 10.0. The van der Waals surface area contributed by atoms with Crippen LogP contribution in [0.15, 0.2) is 134 Å². The first-order chi connectivity index (χ1) is 22.1. The molecule has 0 radical (unpaired) electrons. The van der Waals surface area contributed by atoms with Crippen molar-refractivity contribution >= 4 is 46.1 Å². The van der Waals surface area contributed by atoms with Crippen molar-refractivity contribution in [2.24, 2.45) is 0 Å². The topological polar surface area (TPSA) is 7.76 Å². The van der Waals surface area contributed by atoms with Crippen LogP contribution in [0.2, 0.25) is 0 Å². The van der Waals surface area contributed by atoms with E-state index >= 15 is 0 Å². The van der Waals surface area contributed by atoms with E-state index in [9.17, 15) is 0 Å². The highest BCUT2D eigenvalue weighted by atomic mass is 15.2. The normalized spacial score (nSPS) is 12.4. The highest BCUT2D eigenvalue weighted by Crippen LogP contribution is 2.30. The van der Waals surface area contributed by atoms with Crippen molar-refractivity contribution in [2.45, 2.75) is 20.5 Å². The van der Waals surface area contributed by atoms with E-state index in [1.807, 2.05) is 0 Å². The van der Waals surface area contributed by atoms with Crippen molar-refractivity contribution < 1.29 is 9.13 Å². The van der Waals surface area contributed by atoms with E-state index in [0.29, 0.717) is 0 Å². The summed E-state index contributed by atoms with van der Waals surface area (Å²) in [6, 6.07) is 44.2. The fraction of sp³-hybridized carbons (Fsp3) is 0.0698. The van der Waals surface area contributed by atoms with Crippen molar-refractivity contribution in [2.75, 3.05) is 0 Å². The van der Waals surface area contributed by atoms with Crippen LogP contribution in [0.5, 0.6) is 0 Å². The highest BCUT2D eigenvalue weighted by Gasteiger charge is 2.32. The van der Waals surface area contributed by atoms with E-state index in [2.05, 4.69) is 181 Å². The van der Waals surface area contributed by atoms with Crippen LogP contribution in [0.25, 0.3) is 68.4 Å². The molecular formula is C43H34N2+2. The lowest BCUT2D eigenvalue weighted by Gasteiger charge is -2.03. The predicted molar refractivity (Wildman–Crippen MR) is 188 cm³/mol. The van der Waals surface area contributed by atoms with Gasteiger partial charge in [0.05, 0.1) is 10.8 Å². The molecule has 0 spiro atoms. The Labute approximate surface area is 264 Å². The van der Waals surface area contributed by atoms with Crippen molar-refractivity contribution in [1.29, 1.82) is 0 Å². The molecule has 0 unspecified atom stereocenters. The van der Waals surface area contributed by atoms with E-state index in [1.54, 1.807) is 0 Å². The molecule has 0 fully saturated rings. The van der Waals surface area contributed by atoms with Gasteiger partial charge in [-0.1, -0.05) is 132 Å². The van der Waals surface area contributed by atoms with Crippen LogP contribution in [0.4, 0.5) is 0 Å². The van der Waals surface area contributed by atoms with Crippen molar-refractivity contribution in [1.82, 2.24) is 0 Å². The molecule has 45 heavy (non-hydrogen) atoms. The summed E-state index contributed by atoms with van der Waals surface area (Å²) in [5, 5.41) is 2.54. The second kappa shape index (κ2) is 11.2. The lowest BCUT2D eigenvalue weighted by Crippen LogP contribution is -2.45. The maximum atomic E-state index is 2.40. The Hall–Kier alpha value is -5.60. The van der Waals surface area contributed by atoms with Crippen LogP contribution in [0.3, 0.4) is 0 Å². The van der Waals surface area contributed by atoms with Crippen LogP contribution in [-0.4, -0.2) is 0 Å². The summed E-state index contributed by atoms with van der Waals surface area (Å²) in [6.45, 7) is 5.05. The highest BCUT2D eigenvalue weighted by molar-refractivity contribution is 6.01. The third-order valence-corrected chi connectivity index (χ3v) is 8.88. The summed E-state index contributed by atoms with van der Waals surface area (Å²) in [5.41, 5.74) is 14.9. The van der Waals surface area contributed by atoms with Crippen LogP contribution >= 0.6 is 0 Å². The van der Waals surface area contributed by atoms with Gasteiger partial charge in [0.15, 0.2) is 12.4 Å². The van der Waals surface area contributed by atoms with Gasteiger partial charge in [-0.3, -0.25) is 0 Å². The van der Waals surface area contributed by atoms with Gasteiger partial charge in [0.1, 0.15) is 0 Å². The average molecular weight is 579 g/mol. The number of hydrogen-bond acceptors (Lipinski definition) is 0. The number of aromatic nitrogens is 2. The fourth-order valence-corrected chi connectivity index (χ4v) is 6.34. The maximum absolute atomic E-state index is 2.40. The van der Waals surface area contributed by atoms with E-state index in [-0.39, 0.29) is 0 Å². The molecule has 0 bridgehead atoms. The van der Waals surface area contributed by atoms with Gasteiger partial charge >= 0.3 is 6.67 Å². The molecule has 214 valence electrons. The maximum Gasteiger partial charge on any atom is 0.345 e. The Morgan fingerprint density at radius 1 is 0.400 bits per heavy atom. The molecule has 2 nitrogen and oxygen atoms in total. The summed E-state index contributed by atoms with van der Waals surface area (Å²) in [6.07, 6.45) is 13.3. The smallest absolute Gasteiger partial charge is 0.132 e. The van der Waals surface area contributed by atoms with E-state index in [1.165, 1.54) is 77.4 Å². The first-order valence-electron chi connectivity index (χ1n) is 15.6. The predicted octanol–water partition coefficient (Wildman–Crippen LogP) is 9.68. The number of rotatable bonds is 6. The zero-order valence-electron chi connectivity index (χ0n) is 25.6. The SMILES string of the molecule is Cc1ccc(/C=C/c2ccc(-c3cc4ccc5cc(-c6ccc(/C=C/c7ccc(C)cc7)cc6)c[n+]6c5c4[n+](c3)C6)cc2)cc1. The minimum atomic E-state index is 0.808. The van der Waals surface area contributed by atoms with Crippen molar-refractivity contribution in [3.63, 3.8) is 0 Å². The number of hydrogen-bond donors (Lipinski definition) is 0. The summed E-state index contributed by atoms with van der Waals surface area (Å²) in [5.74, 6) is 0. The van der Waals surface area contributed by atoms with Crippen LogP contribution in [0, 0.1) is 13.8 Å². The van der Waals surface area contributed by atoms with E-state index < -0.39 is 0 Å². The standard InChI is InChI=1S/C43H34N2/c1-30-3-7-32(8-4-30)11-13-34-15-19-36(20-16-34)40-25-38-23-24-39-26-41(28-45-29-44(27-40)42(38)43(39)45)37-21-17-35(18-22-37)14-12-33-9-5-31(2)6-10-33/h3-28H,29H2,1-2H3/q+2/b13-11+,14-12+. The van der Waals surface area contributed by atoms with Crippen molar-refractivity contribution in [3.8, 4) is 22.3 Å². The molecule has 1 aliphatic heterocycles. The Morgan fingerprint density at radius 3 is 1.09 bits per heavy atom. The number of aryl methyl sites for hydroxylation is 2. The molecule has 0 atom stereocenters. The molecule has 2 heteroatoms. The molecule has 5 aromatic carbocycles. The second-order valence-corrected chi connectivity index (χ2v) is 12.2. The van der Waals surface area contributed by atoms with E-state index in [0.717, 1.165) is 6.67 Å². The lowest BCUT2D eigenvalue weighted by molar-refractivity contribution is -0.871. The third-order valence-electron chi connectivity index (χ3n) is 8.88. The molecule has 7 aromatic rings. The summed E-state index contributed by atoms with van der Waals surface area (Å²) < 4.78 is 4.81. The summed E-state index contributed by atoms with van der Waals surface area (Å²) >= 11 is 0. The van der Waals surface area contributed by atoms with Gasteiger partial charge in [0.2, 0.25) is 0 Å².